The van der Waals surface area contributed by atoms with Gasteiger partial charge in [-0.2, -0.15) is 0 Å². The number of hydrogen-bond acceptors (Lipinski definition) is 1. The van der Waals surface area contributed by atoms with Gasteiger partial charge >= 0.3 is 0 Å². The van der Waals surface area contributed by atoms with E-state index in [4.69, 9.17) is 12.2 Å². The first-order chi connectivity index (χ1) is 8.72. The molecule has 0 unspecified atom stereocenters. The molecule has 1 aromatic heterocycles. The van der Waals surface area contributed by atoms with E-state index >= 15 is 0 Å². The van der Waals surface area contributed by atoms with Gasteiger partial charge in [-0.25, -0.2) is 4.39 Å². The molecule has 0 bridgehead atoms. The van der Waals surface area contributed by atoms with Crippen molar-refractivity contribution in [2.24, 2.45) is 11.3 Å². The summed E-state index contributed by atoms with van der Waals surface area (Å²) in [5.74, 6) is 0.247. The molecule has 1 N–H and O–H groups in total. The van der Waals surface area contributed by atoms with Crippen LogP contribution in [0.5, 0.6) is 0 Å². The number of fused-ring (bicyclic) bond motifs is 1. The Morgan fingerprint density at radius 1 is 1.42 bits per heavy atom. The van der Waals surface area contributed by atoms with Crippen LogP contribution in [0.1, 0.15) is 27.7 Å². The van der Waals surface area contributed by atoms with Crippen LogP contribution in [0.15, 0.2) is 16.6 Å². The SMILES string of the molecule is CC(C)C(C)(C)Cn1c(=S)[nH]c2cc(Br)c(F)cc21. The van der Waals surface area contributed by atoms with Gasteiger partial charge in [-0.1, -0.05) is 27.7 Å². The van der Waals surface area contributed by atoms with Gasteiger partial charge < -0.3 is 9.55 Å². The predicted octanol–water partition coefficient (Wildman–Crippen LogP) is 5.28. The lowest BCUT2D eigenvalue weighted by Crippen LogP contribution is -2.25. The number of nitrogens with zero attached hydrogens (tertiary/aromatic N) is 1. The Morgan fingerprint density at radius 2 is 2.05 bits per heavy atom. The Balaban J connectivity index is 2.58. The Labute approximate surface area is 126 Å². The minimum atomic E-state index is -0.266. The maximum Gasteiger partial charge on any atom is 0.178 e. The Morgan fingerprint density at radius 3 is 2.63 bits per heavy atom. The largest absolute Gasteiger partial charge is 0.331 e. The van der Waals surface area contributed by atoms with E-state index in [9.17, 15) is 4.39 Å². The van der Waals surface area contributed by atoms with Gasteiger partial charge in [0.2, 0.25) is 0 Å². The number of aromatic nitrogens is 2. The number of rotatable bonds is 3. The van der Waals surface area contributed by atoms with Crippen molar-refractivity contribution in [1.82, 2.24) is 9.55 Å². The van der Waals surface area contributed by atoms with Gasteiger partial charge in [0.1, 0.15) is 5.82 Å². The van der Waals surface area contributed by atoms with Crippen LogP contribution in [-0.2, 0) is 6.54 Å². The van der Waals surface area contributed by atoms with Crippen molar-refractivity contribution in [2.45, 2.75) is 34.2 Å². The van der Waals surface area contributed by atoms with Gasteiger partial charge in [-0.15, -0.1) is 0 Å². The zero-order valence-corrected chi connectivity index (χ0v) is 14.0. The molecule has 2 nitrogen and oxygen atoms in total. The molecule has 1 heterocycles. The highest BCUT2D eigenvalue weighted by Gasteiger charge is 2.24. The predicted molar refractivity (Wildman–Crippen MR) is 83.4 cm³/mol. The van der Waals surface area contributed by atoms with E-state index < -0.39 is 0 Å². The molecule has 0 radical (unpaired) electrons. The van der Waals surface area contributed by atoms with Gasteiger partial charge in [0.05, 0.1) is 15.5 Å². The van der Waals surface area contributed by atoms with E-state index in [1.165, 1.54) is 6.07 Å². The summed E-state index contributed by atoms with van der Waals surface area (Å²) < 4.78 is 16.8. The molecule has 0 spiro atoms. The summed E-state index contributed by atoms with van der Waals surface area (Å²) in [7, 11) is 0. The zero-order valence-electron chi connectivity index (χ0n) is 11.6. The molecular formula is C14H18BrFN2S. The minimum absolute atomic E-state index is 0.0941. The molecule has 2 aromatic rings. The van der Waals surface area contributed by atoms with Gasteiger partial charge in [0, 0.05) is 12.6 Å². The van der Waals surface area contributed by atoms with Gasteiger partial charge in [0.15, 0.2) is 4.77 Å². The molecule has 0 fully saturated rings. The molecule has 0 saturated heterocycles. The molecule has 2 rings (SSSR count). The van der Waals surface area contributed by atoms with Crippen molar-refractivity contribution in [3.8, 4) is 0 Å². The highest BCUT2D eigenvalue weighted by molar-refractivity contribution is 9.10. The Hall–Kier alpha value is -0.680. The smallest absolute Gasteiger partial charge is 0.178 e. The molecule has 0 aliphatic carbocycles. The normalized spacial score (nSPS) is 12.6. The molecule has 19 heavy (non-hydrogen) atoms. The third-order valence-electron chi connectivity index (χ3n) is 3.94. The van der Waals surface area contributed by atoms with E-state index in [-0.39, 0.29) is 11.2 Å². The summed E-state index contributed by atoms with van der Waals surface area (Å²) in [4.78, 5) is 3.14. The van der Waals surface area contributed by atoms with Gasteiger partial charge in [-0.3, -0.25) is 0 Å². The van der Waals surface area contributed by atoms with E-state index in [1.807, 2.05) is 4.57 Å². The van der Waals surface area contributed by atoms with E-state index in [0.29, 0.717) is 15.2 Å². The first-order valence-corrected chi connectivity index (χ1v) is 7.50. The number of aromatic amines is 1. The summed E-state index contributed by atoms with van der Waals surface area (Å²) in [6.07, 6.45) is 0. The molecule has 0 saturated carbocycles. The summed E-state index contributed by atoms with van der Waals surface area (Å²) in [6, 6.07) is 3.27. The Bertz CT molecular complexity index is 670. The van der Waals surface area contributed by atoms with E-state index in [2.05, 4.69) is 48.6 Å². The number of halogens is 2. The fourth-order valence-corrected chi connectivity index (χ4v) is 2.52. The van der Waals surface area contributed by atoms with Crippen LogP contribution in [-0.4, -0.2) is 9.55 Å². The second-order valence-corrected chi connectivity index (χ2v) is 7.18. The van der Waals surface area contributed by atoms with Crippen molar-refractivity contribution in [3.63, 3.8) is 0 Å². The number of nitrogens with one attached hydrogen (secondary N) is 1. The first-order valence-electron chi connectivity index (χ1n) is 6.30. The summed E-state index contributed by atoms with van der Waals surface area (Å²) in [6.45, 7) is 9.55. The third-order valence-corrected chi connectivity index (χ3v) is 4.87. The lowest BCUT2D eigenvalue weighted by molar-refractivity contribution is 0.211. The first kappa shape index (κ1) is 14.7. The molecule has 0 aliphatic heterocycles. The Kier molecular flexibility index (Phi) is 3.89. The van der Waals surface area contributed by atoms with Gasteiger partial charge in [0.25, 0.3) is 0 Å². The molecule has 0 amide bonds. The van der Waals surface area contributed by atoms with Crippen LogP contribution in [0, 0.1) is 21.9 Å². The molecule has 104 valence electrons. The zero-order chi connectivity index (χ0) is 14.4. The number of hydrogen-bond donors (Lipinski definition) is 1. The van der Waals surface area contributed by atoms with Crippen LogP contribution in [0.4, 0.5) is 4.39 Å². The maximum absolute atomic E-state index is 13.7. The average Bonchev–Trinajstić information content (AvgIpc) is 2.56. The fourth-order valence-electron chi connectivity index (χ4n) is 1.90. The topological polar surface area (TPSA) is 20.7 Å². The summed E-state index contributed by atoms with van der Waals surface area (Å²) in [5.41, 5.74) is 1.77. The van der Waals surface area contributed by atoms with Crippen LogP contribution in [0.2, 0.25) is 0 Å². The number of H-pyrrole nitrogens is 1. The van der Waals surface area contributed by atoms with Crippen molar-refractivity contribution in [2.75, 3.05) is 0 Å². The van der Waals surface area contributed by atoms with E-state index in [0.717, 1.165) is 17.6 Å². The second-order valence-electron chi connectivity index (χ2n) is 5.94. The van der Waals surface area contributed by atoms with E-state index in [1.54, 1.807) is 6.07 Å². The molecule has 5 heteroatoms. The quantitative estimate of drug-likeness (QED) is 0.751. The summed E-state index contributed by atoms with van der Waals surface area (Å²) >= 11 is 8.56. The molecular weight excluding hydrogens is 327 g/mol. The van der Waals surface area contributed by atoms with Crippen molar-refractivity contribution >= 4 is 39.2 Å². The monoisotopic (exact) mass is 344 g/mol. The lowest BCUT2D eigenvalue weighted by atomic mass is 9.81. The average molecular weight is 345 g/mol. The fraction of sp³-hybridized carbons (Fsp3) is 0.500. The standard InChI is InChI=1S/C14H18BrFN2S/c1-8(2)14(3,4)7-18-12-6-10(16)9(15)5-11(12)17-13(18)19/h5-6,8H,7H2,1-4H3,(H,17,19). The molecule has 0 atom stereocenters. The van der Waals surface area contributed by atoms with Crippen molar-refractivity contribution in [1.29, 1.82) is 0 Å². The van der Waals surface area contributed by atoms with Crippen LogP contribution in [0.3, 0.4) is 0 Å². The van der Waals surface area contributed by atoms with Gasteiger partial charge in [-0.05, 0) is 45.5 Å². The van der Waals surface area contributed by atoms with Crippen molar-refractivity contribution in [3.05, 3.63) is 27.2 Å². The highest BCUT2D eigenvalue weighted by Crippen LogP contribution is 2.31. The lowest BCUT2D eigenvalue weighted by Gasteiger charge is -2.29. The van der Waals surface area contributed by atoms with Crippen LogP contribution in [0.25, 0.3) is 11.0 Å². The molecule has 0 aliphatic rings. The molecule has 1 aromatic carbocycles. The van der Waals surface area contributed by atoms with Crippen molar-refractivity contribution < 1.29 is 4.39 Å². The highest BCUT2D eigenvalue weighted by atomic mass is 79.9. The van der Waals surface area contributed by atoms with Crippen LogP contribution < -0.4 is 0 Å². The van der Waals surface area contributed by atoms with Crippen LogP contribution >= 0.6 is 28.1 Å². The second kappa shape index (κ2) is 5.02. The summed E-state index contributed by atoms with van der Waals surface area (Å²) in [5, 5.41) is 0. The third kappa shape index (κ3) is 2.77. The minimum Gasteiger partial charge on any atom is -0.331 e. The number of imidazole rings is 1. The number of benzene rings is 1. The maximum atomic E-state index is 13.7.